The van der Waals surface area contributed by atoms with Crippen molar-refractivity contribution < 1.29 is 0 Å². The Labute approximate surface area is 99.5 Å². The lowest BCUT2D eigenvalue weighted by Gasteiger charge is -2.14. The van der Waals surface area contributed by atoms with E-state index in [9.17, 15) is 0 Å². The number of aryl methyl sites for hydroxylation is 1. The molecule has 0 saturated heterocycles. The summed E-state index contributed by atoms with van der Waals surface area (Å²) in [5.74, 6) is 0.945. The molecule has 0 aliphatic carbocycles. The van der Waals surface area contributed by atoms with Crippen LogP contribution >= 0.6 is 0 Å². The fraction of sp³-hybridized carbons (Fsp3) is 0.231. The van der Waals surface area contributed by atoms with Crippen LogP contribution in [-0.4, -0.2) is 28.7 Å². The maximum atomic E-state index is 4.70. The molecule has 1 aromatic carbocycles. The number of fused-ring (bicyclic) bond motifs is 3. The zero-order chi connectivity index (χ0) is 12.0. The fourth-order valence-corrected chi connectivity index (χ4v) is 2.07. The van der Waals surface area contributed by atoms with Crippen molar-refractivity contribution in [3.05, 3.63) is 36.0 Å². The van der Waals surface area contributed by atoms with Crippen molar-refractivity contribution in [3.8, 4) is 0 Å². The quantitative estimate of drug-likeness (QED) is 0.638. The van der Waals surface area contributed by atoms with E-state index in [0.717, 1.165) is 22.4 Å². The van der Waals surface area contributed by atoms with Crippen molar-refractivity contribution in [1.82, 2.24) is 14.6 Å². The van der Waals surface area contributed by atoms with Gasteiger partial charge in [-0.25, -0.2) is 9.50 Å². The van der Waals surface area contributed by atoms with E-state index in [0.29, 0.717) is 0 Å². The Morgan fingerprint density at radius 2 is 1.94 bits per heavy atom. The maximum absolute atomic E-state index is 4.70. The summed E-state index contributed by atoms with van der Waals surface area (Å²) in [5.41, 5.74) is 4.26. The molecule has 2 heterocycles. The van der Waals surface area contributed by atoms with E-state index in [4.69, 9.17) is 4.98 Å². The van der Waals surface area contributed by atoms with Crippen LogP contribution in [0.2, 0.25) is 0 Å². The topological polar surface area (TPSA) is 33.4 Å². The van der Waals surface area contributed by atoms with Gasteiger partial charge in [0.1, 0.15) is 5.52 Å². The van der Waals surface area contributed by atoms with Gasteiger partial charge in [-0.05, 0) is 30.7 Å². The molecule has 0 radical (unpaired) electrons. The fourth-order valence-electron chi connectivity index (χ4n) is 2.07. The largest absolute Gasteiger partial charge is 0.361 e. The van der Waals surface area contributed by atoms with E-state index in [1.807, 2.05) is 35.8 Å². The second-order valence-electron chi connectivity index (χ2n) is 4.45. The minimum absolute atomic E-state index is 0.945. The lowest BCUT2D eigenvalue weighted by atomic mass is 10.2. The van der Waals surface area contributed by atoms with E-state index in [1.54, 1.807) is 0 Å². The van der Waals surface area contributed by atoms with E-state index >= 15 is 0 Å². The van der Waals surface area contributed by atoms with E-state index in [-0.39, 0.29) is 0 Å². The molecule has 4 nitrogen and oxygen atoms in total. The molecule has 3 aromatic rings. The predicted octanol–water partition coefficient (Wildman–Crippen LogP) is 2.26. The monoisotopic (exact) mass is 226 g/mol. The average Bonchev–Trinajstić information content (AvgIpc) is 2.76. The van der Waals surface area contributed by atoms with Gasteiger partial charge in [-0.3, -0.25) is 0 Å². The second kappa shape index (κ2) is 3.45. The highest BCUT2D eigenvalue weighted by Crippen LogP contribution is 2.23. The van der Waals surface area contributed by atoms with Crippen LogP contribution in [0.3, 0.4) is 0 Å². The molecule has 0 saturated carbocycles. The molecule has 86 valence electrons. The Hall–Kier alpha value is -2.10. The molecule has 0 unspecified atom stereocenters. The first-order chi connectivity index (χ1) is 8.16. The minimum Gasteiger partial charge on any atom is -0.361 e. The Morgan fingerprint density at radius 3 is 2.71 bits per heavy atom. The highest BCUT2D eigenvalue weighted by atomic mass is 15.3. The van der Waals surface area contributed by atoms with Crippen LogP contribution < -0.4 is 4.90 Å². The van der Waals surface area contributed by atoms with Crippen molar-refractivity contribution in [2.45, 2.75) is 6.92 Å². The summed E-state index contributed by atoms with van der Waals surface area (Å²) in [7, 11) is 3.99. The third-order valence-corrected chi connectivity index (χ3v) is 2.88. The van der Waals surface area contributed by atoms with Crippen LogP contribution in [0.1, 0.15) is 5.56 Å². The summed E-state index contributed by atoms with van der Waals surface area (Å²) in [4.78, 5) is 6.71. The van der Waals surface area contributed by atoms with Gasteiger partial charge in [0.2, 0.25) is 0 Å². The van der Waals surface area contributed by atoms with Gasteiger partial charge < -0.3 is 4.90 Å². The molecule has 0 amide bonds. The second-order valence-corrected chi connectivity index (χ2v) is 4.45. The van der Waals surface area contributed by atoms with Crippen LogP contribution in [0.4, 0.5) is 5.82 Å². The summed E-state index contributed by atoms with van der Waals surface area (Å²) >= 11 is 0. The molecule has 4 heteroatoms. The number of hydrogen-bond donors (Lipinski definition) is 0. The highest BCUT2D eigenvalue weighted by molar-refractivity contribution is 5.84. The number of anilines is 1. The molecule has 17 heavy (non-hydrogen) atoms. The van der Waals surface area contributed by atoms with Crippen molar-refractivity contribution in [2.24, 2.45) is 0 Å². The molecule has 0 aliphatic heterocycles. The van der Waals surface area contributed by atoms with Crippen LogP contribution in [0.15, 0.2) is 30.5 Å². The Morgan fingerprint density at radius 1 is 1.12 bits per heavy atom. The maximum Gasteiger partial charge on any atom is 0.154 e. The van der Waals surface area contributed by atoms with Gasteiger partial charge in [0, 0.05) is 14.1 Å². The van der Waals surface area contributed by atoms with Gasteiger partial charge in [0.25, 0.3) is 0 Å². The van der Waals surface area contributed by atoms with E-state index < -0.39 is 0 Å². The zero-order valence-electron chi connectivity index (χ0n) is 10.2. The van der Waals surface area contributed by atoms with Gasteiger partial charge in [0.15, 0.2) is 5.82 Å². The normalized spacial score (nSPS) is 11.2. The minimum atomic E-state index is 0.945. The van der Waals surface area contributed by atoms with Crippen LogP contribution in [-0.2, 0) is 0 Å². The van der Waals surface area contributed by atoms with Gasteiger partial charge in [0.05, 0.1) is 17.2 Å². The average molecular weight is 226 g/mol. The first-order valence-corrected chi connectivity index (χ1v) is 5.58. The number of rotatable bonds is 1. The van der Waals surface area contributed by atoms with Crippen LogP contribution in [0.25, 0.3) is 16.6 Å². The summed E-state index contributed by atoms with van der Waals surface area (Å²) < 4.78 is 1.94. The van der Waals surface area contributed by atoms with Crippen LogP contribution in [0, 0.1) is 6.92 Å². The third-order valence-electron chi connectivity index (χ3n) is 2.88. The standard InChI is InChI=1S/C13H14N4/c1-9-4-5-11-10(8-9)15-13(16(2)3)12-6-7-14-17(11)12/h4-8H,1-3H3. The summed E-state index contributed by atoms with van der Waals surface area (Å²) in [6, 6.07) is 8.22. The molecular weight excluding hydrogens is 212 g/mol. The number of aromatic nitrogens is 3. The van der Waals surface area contributed by atoms with Crippen molar-refractivity contribution in [3.63, 3.8) is 0 Å². The smallest absolute Gasteiger partial charge is 0.154 e. The SMILES string of the molecule is Cc1ccc2c(c1)nc(N(C)C)c1ccnn12. The van der Waals surface area contributed by atoms with Gasteiger partial charge in [-0.2, -0.15) is 5.10 Å². The Bertz CT molecular complexity index is 697. The number of hydrogen-bond acceptors (Lipinski definition) is 3. The summed E-state index contributed by atoms with van der Waals surface area (Å²) in [6.45, 7) is 2.07. The summed E-state index contributed by atoms with van der Waals surface area (Å²) in [5, 5.41) is 4.37. The Balaban J connectivity index is 2.51. The molecule has 0 bridgehead atoms. The van der Waals surface area contributed by atoms with Gasteiger partial charge >= 0.3 is 0 Å². The molecule has 3 rings (SSSR count). The van der Waals surface area contributed by atoms with E-state index in [2.05, 4.69) is 30.2 Å². The van der Waals surface area contributed by atoms with Crippen LogP contribution in [0.5, 0.6) is 0 Å². The molecule has 0 N–H and O–H groups in total. The van der Waals surface area contributed by atoms with Crippen molar-refractivity contribution in [1.29, 1.82) is 0 Å². The first kappa shape index (κ1) is 10.1. The molecule has 0 aliphatic rings. The first-order valence-electron chi connectivity index (χ1n) is 5.58. The predicted molar refractivity (Wildman–Crippen MR) is 69.6 cm³/mol. The molecule has 0 atom stereocenters. The third kappa shape index (κ3) is 1.45. The summed E-state index contributed by atoms with van der Waals surface area (Å²) in [6.07, 6.45) is 1.81. The number of benzene rings is 1. The lowest BCUT2D eigenvalue weighted by molar-refractivity contribution is 0.978. The highest BCUT2D eigenvalue weighted by Gasteiger charge is 2.10. The Kier molecular flexibility index (Phi) is 2.04. The molecular formula is C13H14N4. The number of nitrogens with zero attached hydrogens (tertiary/aromatic N) is 4. The molecule has 0 spiro atoms. The lowest BCUT2D eigenvalue weighted by Crippen LogP contribution is -2.12. The van der Waals surface area contributed by atoms with E-state index in [1.165, 1.54) is 5.56 Å². The zero-order valence-corrected chi connectivity index (χ0v) is 10.2. The molecule has 2 aromatic heterocycles. The van der Waals surface area contributed by atoms with Gasteiger partial charge in [-0.15, -0.1) is 0 Å². The van der Waals surface area contributed by atoms with Crippen molar-refractivity contribution >= 4 is 22.4 Å². The van der Waals surface area contributed by atoms with Gasteiger partial charge in [-0.1, -0.05) is 6.07 Å². The molecule has 0 fully saturated rings. The van der Waals surface area contributed by atoms with Crippen molar-refractivity contribution in [2.75, 3.05) is 19.0 Å².